The highest BCUT2D eigenvalue weighted by Crippen LogP contribution is 2.31. The van der Waals surface area contributed by atoms with Gasteiger partial charge in [-0.25, -0.2) is 4.98 Å². The molecule has 0 saturated carbocycles. The summed E-state index contributed by atoms with van der Waals surface area (Å²) < 4.78 is 2.25. The molecule has 2 atom stereocenters. The van der Waals surface area contributed by atoms with Crippen LogP contribution in [0.15, 0.2) is 11.6 Å². The van der Waals surface area contributed by atoms with Crippen LogP contribution >= 0.6 is 23.1 Å². The Balaban J connectivity index is 1.89. The summed E-state index contributed by atoms with van der Waals surface area (Å²) >= 11 is 3.81. The van der Waals surface area contributed by atoms with Crippen molar-refractivity contribution in [3.05, 3.63) is 17.3 Å². The first-order chi connectivity index (χ1) is 10.2. The lowest BCUT2D eigenvalue weighted by Gasteiger charge is -2.35. The first-order valence-corrected chi connectivity index (χ1v) is 9.56. The van der Waals surface area contributed by atoms with Crippen molar-refractivity contribution in [2.75, 3.05) is 24.5 Å². The molecule has 2 unspecified atom stereocenters. The summed E-state index contributed by atoms with van der Waals surface area (Å²) in [5.74, 6) is 1.18. The third-order valence-corrected chi connectivity index (χ3v) is 5.76. The Morgan fingerprint density at radius 3 is 2.81 bits per heavy atom. The van der Waals surface area contributed by atoms with E-state index >= 15 is 0 Å². The predicted octanol–water partition coefficient (Wildman–Crippen LogP) is 3.23. The van der Waals surface area contributed by atoms with Crippen molar-refractivity contribution in [3.63, 3.8) is 0 Å². The minimum absolute atomic E-state index is 0.671. The predicted molar refractivity (Wildman–Crippen MR) is 93.8 cm³/mol. The Labute approximate surface area is 134 Å². The van der Waals surface area contributed by atoms with Crippen LogP contribution in [0.3, 0.4) is 0 Å². The minimum Gasteiger partial charge on any atom is -0.353 e. The molecule has 2 aromatic heterocycles. The van der Waals surface area contributed by atoms with Gasteiger partial charge in [-0.1, -0.05) is 20.8 Å². The highest BCUT2D eigenvalue weighted by molar-refractivity contribution is 8.00. The van der Waals surface area contributed by atoms with E-state index in [1.54, 1.807) is 11.3 Å². The number of aromatic nitrogens is 2. The number of thiazole rings is 1. The largest absolute Gasteiger partial charge is 0.353 e. The number of anilines is 1. The zero-order valence-electron chi connectivity index (χ0n) is 13.0. The van der Waals surface area contributed by atoms with E-state index in [9.17, 15) is 0 Å². The average molecular weight is 325 g/mol. The van der Waals surface area contributed by atoms with E-state index in [4.69, 9.17) is 4.98 Å². The molecule has 0 amide bonds. The first kappa shape index (κ1) is 15.2. The second-order valence-corrected chi connectivity index (χ2v) is 8.53. The normalized spacial score (nSPS) is 23.1. The second kappa shape index (κ2) is 6.58. The lowest BCUT2D eigenvalue weighted by molar-refractivity contribution is 0.652. The van der Waals surface area contributed by atoms with Crippen LogP contribution in [-0.2, 0) is 6.54 Å². The minimum atomic E-state index is 0.671. The zero-order chi connectivity index (χ0) is 14.8. The van der Waals surface area contributed by atoms with Crippen molar-refractivity contribution < 1.29 is 0 Å². The maximum atomic E-state index is 4.90. The smallest absolute Gasteiger partial charge is 0.195 e. The summed E-state index contributed by atoms with van der Waals surface area (Å²) in [6, 6.07) is 0. The molecule has 2 aromatic rings. The summed E-state index contributed by atoms with van der Waals surface area (Å²) in [4.78, 5) is 8.49. The number of nitrogens with zero attached hydrogens (tertiary/aromatic N) is 3. The van der Waals surface area contributed by atoms with Gasteiger partial charge in [-0.05, 0) is 13.0 Å². The number of hydrogen-bond donors (Lipinski definition) is 1. The average Bonchev–Trinajstić information content (AvgIpc) is 3.00. The van der Waals surface area contributed by atoms with Crippen LogP contribution in [-0.4, -0.2) is 39.5 Å². The summed E-state index contributed by atoms with van der Waals surface area (Å²) in [7, 11) is 0. The van der Waals surface area contributed by atoms with Gasteiger partial charge in [-0.15, -0.1) is 11.3 Å². The zero-order valence-corrected chi connectivity index (χ0v) is 14.6. The molecule has 21 heavy (non-hydrogen) atoms. The standard InChI is InChI=1S/C15H24N4S2/c1-4-5-16-8-13-14(17-15-19(13)6-7-20-15)18-9-11(2)21-12(3)10-18/h6-7,11-12,16H,4-5,8-10H2,1-3H3. The molecule has 0 radical (unpaired) electrons. The van der Waals surface area contributed by atoms with Crippen LogP contribution < -0.4 is 10.2 Å². The van der Waals surface area contributed by atoms with E-state index in [1.807, 2.05) is 0 Å². The van der Waals surface area contributed by atoms with E-state index in [0.29, 0.717) is 10.5 Å². The van der Waals surface area contributed by atoms with Gasteiger partial charge in [-0.2, -0.15) is 11.8 Å². The van der Waals surface area contributed by atoms with Crippen molar-refractivity contribution in [2.45, 2.75) is 44.2 Å². The molecule has 1 aliphatic rings. The molecule has 116 valence electrons. The molecule has 0 aromatic carbocycles. The molecule has 3 rings (SSSR count). The lowest BCUT2D eigenvalue weighted by Crippen LogP contribution is -2.41. The molecule has 0 spiro atoms. The van der Waals surface area contributed by atoms with Crippen LogP contribution in [0, 0.1) is 0 Å². The van der Waals surface area contributed by atoms with Gasteiger partial charge in [0, 0.05) is 41.7 Å². The van der Waals surface area contributed by atoms with Gasteiger partial charge >= 0.3 is 0 Å². The molecule has 3 heterocycles. The molecule has 4 nitrogen and oxygen atoms in total. The maximum absolute atomic E-state index is 4.90. The number of fused-ring (bicyclic) bond motifs is 1. The van der Waals surface area contributed by atoms with Gasteiger partial charge in [0.05, 0.1) is 5.69 Å². The van der Waals surface area contributed by atoms with Crippen LogP contribution in [0.25, 0.3) is 4.96 Å². The molecule has 0 bridgehead atoms. The monoisotopic (exact) mass is 324 g/mol. The third-order valence-electron chi connectivity index (χ3n) is 3.78. The van der Waals surface area contributed by atoms with Crippen molar-refractivity contribution in [2.24, 2.45) is 0 Å². The lowest BCUT2D eigenvalue weighted by atomic mass is 10.3. The van der Waals surface area contributed by atoms with Gasteiger partial charge in [0.25, 0.3) is 0 Å². The molecule has 6 heteroatoms. The Hall–Kier alpha value is -0.720. The van der Waals surface area contributed by atoms with Crippen LogP contribution in [0.2, 0.25) is 0 Å². The SMILES string of the molecule is CCCNCc1c(N2CC(C)SC(C)C2)nc2sccn12. The highest BCUT2D eigenvalue weighted by Gasteiger charge is 2.26. The molecular formula is C15H24N4S2. The summed E-state index contributed by atoms with van der Waals surface area (Å²) in [6.07, 6.45) is 3.31. The third kappa shape index (κ3) is 3.22. The van der Waals surface area contributed by atoms with Gasteiger partial charge in [-0.3, -0.25) is 4.40 Å². The van der Waals surface area contributed by atoms with Crippen molar-refractivity contribution in [1.82, 2.24) is 14.7 Å². The van der Waals surface area contributed by atoms with Gasteiger partial charge in [0.2, 0.25) is 0 Å². The summed E-state index contributed by atoms with van der Waals surface area (Å²) in [6.45, 7) is 11.0. The van der Waals surface area contributed by atoms with Crippen LogP contribution in [0.5, 0.6) is 0 Å². The summed E-state index contributed by atoms with van der Waals surface area (Å²) in [5.41, 5.74) is 1.31. The highest BCUT2D eigenvalue weighted by atomic mass is 32.2. The van der Waals surface area contributed by atoms with Gasteiger partial charge < -0.3 is 10.2 Å². The molecule has 1 aliphatic heterocycles. The number of imidazole rings is 1. The van der Waals surface area contributed by atoms with E-state index in [-0.39, 0.29) is 0 Å². The van der Waals surface area contributed by atoms with Crippen molar-refractivity contribution >= 4 is 33.9 Å². The second-order valence-electron chi connectivity index (χ2n) is 5.78. The van der Waals surface area contributed by atoms with Crippen molar-refractivity contribution in [3.8, 4) is 0 Å². The number of rotatable bonds is 5. The number of hydrogen-bond acceptors (Lipinski definition) is 5. The molecule has 0 aliphatic carbocycles. The Bertz CT molecular complexity index is 582. The van der Waals surface area contributed by atoms with E-state index in [0.717, 1.165) is 37.6 Å². The van der Waals surface area contributed by atoms with Gasteiger partial charge in [0.15, 0.2) is 10.8 Å². The molecule has 1 N–H and O–H groups in total. The van der Waals surface area contributed by atoms with Crippen molar-refractivity contribution in [1.29, 1.82) is 0 Å². The molecular weight excluding hydrogens is 300 g/mol. The maximum Gasteiger partial charge on any atom is 0.195 e. The fourth-order valence-corrected chi connectivity index (χ4v) is 5.03. The number of nitrogens with one attached hydrogen (secondary N) is 1. The van der Waals surface area contributed by atoms with Gasteiger partial charge in [0.1, 0.15) is 0 Å². The van der Waals surface area contributed by atoms with Crippen LogP contribution in [0.4, 0.5) is 5.82 Å². The Kier molecular flexibility index (Phi) is 4.76. The van der Waals surface area contributed by atoms with E-state index in [2.05, 4.69) is 58.7 Å². The molecule has 1 saturated heterocycles. The quantitative estimate of drug-likeness (QED) is 0.856. The molecule has 1 fully saturated rings. The fourth-order valence-electron chi connectivity index (χ4n) is 2.97. The first-order valence-electron chi connectivity index (χ1n) is 7.74. The Morgan fingerprint density at radius 1 is 1.33 bits per heavy atom. The number of thioether (sulfide) groups is 1. The Morgan fingerprint density at radius 2 is 2.10 bits per heavy atom. The fraction of sp³-hybridized carbons (Fsp3) is 0.667. The van der Waals surface area contributed by atoms with E-state index in [1.165, 1.54) is 11.5 Å². The van der Waals surface area contributed by atoms with E-state index < -0.39 is 0 Å². The summed E-state index contributed by atoms with van der Waals surface area (Å²) in [5, 5.41) is 6.99. The van der Waals surface area contributed by atoms with Crippen LogP contribution in [0.1, 0.15) is 32.9 Å². The topological polar surface area (TPSA) is 32.6 Å².